The predicted octanol–water partition coefficient (Wildman–Crippen LogP) is 2.86. The topological polar surface area (TPSA) is 78.9 Å². The fourth-order valence-corrected chi connectivity index (χ4v) is 1.94. The summed E-state index contributed by atoms with van der Waals surface area (Å²) in [6.45, 7) is 0.129. The Balaban J connectivity index is 2.05. The van der Waals surface area contributed by atoms with E-state index in [2.05, 4.69) is 10.3 Å². The van der Waals surface area contributed by atoms with Gasteiger partial charge in [0.15, 0.2) is 11.5 Å². The molecule has 7 heteroatoms. The van der Waals surface area contributed by atoms with Crippen LogP contribution in [0.25, 0.3) is 0 Å². The van der Waals surface area contributed by atoms with Crippen molar-refractivity contribution in [1.29, 1.82) is 0 Å². The average molecular weight is 318 g/mol. The van der Waals surface area contributed by atoms with E-state index >= 15 is 0 Å². The molecule has 1 aromatic heterocycles. The molecule has 0 fully saturated rings. The van der Waals surface area contributed by atoms with Gasteiger partial charge in [0.2, 0.25) is 5.75 Å². The lowest BCUT2D eigenvalue weighted by molar-refractivity contribution is 0.155. The van der Waals surface area contributed by atoms with E-state index in [9.17, 15) is 4.79 Å². The minimum atomic E-state index is -0.594. The lowest BCUT2D eigenvalue weighted by atomic mass is 10.2. The lowest BCUT2D eigenvalue weighted by Gasteiger charge is -2.14. The van der Waals surface area contributed by atoms with Crippen molar-refractivity contribution in [3.8, 4) is 17.2 Å². The zero-order valence-corrected chi connectivity index (χ0v) is 13.2. The molecule has 0 saturated heterocycles. The van der Waals surface area contributed by atoms with E-state index in [1.165, 1.54) is 21.3 Å². The second kappa shape index (κ2) is 7.88. The van der Waals surface area contributed by atoms with Crippen LogP contribution in [-0.4, -0.2) is 32.4 Å². The highest BCUT2D eigenvalue weighted by molar-refractivity contribution is 5.86. The maximum atomic E-state index is 11.9. The van der Waals surface area contributed by atoms with Crippen LogP contribution in [0.4, 0.5) is 10.5 Å². The van der Waals surface area contributed by atoms with E-state index in [0.29, 0.717) is 22.9 Å². The normalized spacial score (nSPS) is 9.87. The Morgan fingerprint density at radius 3 is 2.35 bits per heavy atom. The summed E-state index contributed by atoms with van der Waals surface area (Å²) in [5.74, 6) is 1.33. The van der Waals surface area contributed by atoms with E-state index in [1.54, 1.807) is 30.6 Å². The van der Waals surface area contributed by atoms with Crippen LogP contribution < -0.4 is 19.5 Å². The summed E-state index contributed by atoms with van der Waals surface area (Å²) in [6, 6.07) is 6.83. The number of nitrogens with zero attached hydrogens (tertiary/aromatic N) is 1. The number of benzene rings is 1. The molecule has 2 rings (SSSR count). The number of hydrogen-bond acceptors (Lipinski definition) is 6. The predicted molar refractivity (Wildman–Crippen MR) is 84.1 cm³/mol. The molecule has 0 unspecified atom stereocenters. The van der Waals surface area contributed by atoms with Crippen molar-refractivity contribution in [3.63, 3.8) is 0 Å². The summed E-state index contributed by atoms with van der Waals surface area (Å²) >= 11 is 0. The Morgan fingerprint density at radius 1 is 1.13 bits per heavy atom. The molecule has 0 spiro atoms. The number of amides is 1. The van der Waals surface area contributed by atoms with Crippen molar-refractivity contribution >= 4 is 11.8 Å². The number of carbonyl (C=O) groups excluding carboxylic acids is 1. The van der Waals surface area contributed by atoms with Gasteiger partial charge in [-0.15, -0.1) is 0 Å². The number of hydrogen-bond donors (Lipinski definition) is 1. The summed E-state index contributed by atoms with van der Waals surface area (Å²) in [5.41, 5.74) is 1.27. The van der Waals surface area contributed by atoms with Gasteiger partial charge in [0, 0.05) is 30.1 Å². The SMILES string of the molecule is COc1cc(NC(=O)OCc2cccnc2)cc(OC)c1OC. The molecule has 2 aromatic rings. The Morgan fingerprint density at radius 2 is 1.83 bits per heavy atom. The molecule has 1 aromatic carbocycles. The lowest BCUT2D eigenvalue weighted by Crippen LogP contribution is -2.14. The molecule has 122 valence electrons. The average Bonchev–Trinajstić information content (AvgIpc) is 2.59. The zero-order valence-electron chi connectivity index (χ0n) is 13.2. The first-order valence-electron chi connectivity index (χ1n) is 6.80. The Bertz CT molecular complexity index is 636. The largest absolute Gasteiger partial charge is 0.493 e. The molecule has 7 nitrogen and oxygen atoms in total. The van der Waals surface area contributed by atoms with Gasteiger partial charge in [-0.05, 0) is 6.07 Å². The fourth-order valence-electron chi connectivity index (χ4n) is 1.94. The first kappa shape index (κ1) is 16.4. The molecule has 23 heavy (non-hydrogen) atoms. The summed E-state index contributed by atoms with van der Waals surface area (Å²) in [4.78, 5) is 15.8. The third-order valence-corrected chi connectivity index (χ3v) is 3.00. The van der Waals surface area contributed by atoms with Crippen LogP contribution in [0.3, 0.4) is 0 Å². The second-order valence-electron chi connectivity index (χ2n) is 4.48. The Labute approximate surface area is 134 Å². The summed E-state index contributed by atoms with van der Waals surface area (Å²) in [5, 5.41) is 2.62. The highest BCUT2D eigenvalue weighted by Crippen LogP contribution is 2.39. The standard InChI is InChI=1S/C16H18N2O5/c1-20-13-7-12(8-14(21-2)15(13)22-3)18-16(19)23-10-11-5-4-6-17-9-11/h4-9H,10H2,1-3H3,(H,18,19). The molecular formula is C16H18N2O5. The van der Waals surface area contributed by atoms with Gasteiger partial charge in [-0.3, -0.25) is 10.3 Å². The van der Waals surface area contributed by atoms with Crippen LogP contribution in [0.5, 0.6) is 17.2 Å². The van der Waals surface area contributed by atoms with Gasteiger partial charge < -0.3 is 18.9 Å². The van der Waals surface area contributed by atoms with Crippen LogP contribution in [0, 0.1) is 0 Å². The van der Waals surface area contributed by atoms with E-state index in [1.807, 2.05) is 6.07 Å². The number of pyridine rings is 1. The summed E-state index contributed by atoms with van der Waals surface area (Å²) in [6.07, 6.45) is 2.69. The molecule has 1 N–H and O–H groups in total. The molecule has 0 saturated carbocycles. The van der Waals surface area contributed by atoms with Crippen molar-refractivity contribution in [3.05, 3.63) is 42.2 Å². The number of rotatable bonds is 6. The van der Waals surface area contributed by atoms with Crippen LogP contribution in [0.2, 0.25) is 0 Å². The maximum Gasteiger partial charge on any atom is 0.411 e. The minimum absolute atomic E-state index is 0.129. The molecule has 0 aliphatic rings. The molecule has 0 aliphatic heterocycles. The quantitative estimate of drug-likeness (QED) is 0.882. The number of aromatic nitrogens is 1. The number of carbonyl (C=O) groups is 1. The van der Waals surface area contributed by atoms with E-state index in [0.717, 1.165) is 5.56 Å². The Hall–Kier alpha value is -2.96. The maximum absolute atomic E-state index is 11.9. The Kier molecular flexibility index (Phi) is 5.62. The molecule has 1 heterocycles. The molecule has 0 radical (unpaired) electrons. The van der Waals surface area contributed by atoms with Crippen molar-refractivity contribution in [2.24, 2.45) is 0 Å². The first-order valence-corrected chi connectivity index (χ1v) is 6.80. The molecule has 0 atom stereocenters. The highest BCUT2D eigenvalue weighted by Gasteiger charge is 2.14. The van der Waals surface area contributed by atoms with Crippen molar-refractivity contribution in [2.45, 2.75) is 6.61 Å². The van der Waals surface area contributed by atoms with Gasteiger partial charge in [-0.1, -0.05) is 6.07 Å². The van der Waals surface area contributed by atoms with Crippen molar-refractivity contribution < 1.29 is 23.7 Å². The van der Waals surface area contributed by atoms with E-state index in [4.69, 9.17) is 18.9 Å². The van der Waals surface area contributed by atoms with Gasteiger partial charge in [0.25, 0.3) is 0 Å². The van der Waals surface area contributed by atoms with Crippen LogP contribution >= 0.6 is 0 Å². The summed E-state index contributed by atoms with van der Waals surface area (Å²) < 4.78 is 20.8. The molecule has 1 amide bonds. The van der Waals surface area contributed by atoms with Crippen LogP contribution in [0.1, 0.15) is 5.56 Å². The second-order valence-corrected chi connectivity index (χ2v) is 4.48. The van der Waals surface area contributed by atoms with E-state index in [-0.39, 0.29) is 6.61 Å². The zero-order chi connectivity index (χ0) is 16.7. The highest BCUT2D eigenvalue weighted by atomic mass is 16.5. The van der Waals surface area contributed by atoms with Crippen molar-refractivity contribution in [2.75, 3.05) is 26.6 Å². The smallest absolute Gasteiger partial charge is 0.411 e. The minimum Gasteiger partial charge on any atom is -0.493 e. The third kappa shape index (κ3) is 4.26. The fraction of sp³-hybridized carbons (Fsp3) is 0.250. The van der Waals surface area contributed by atoms with Gasteiger partial charge in [-0.25, -0.2) is 4.79 Å². The monoisotopic (exact) mass is 318 g/mol. The van der Waals surface area contributed by atoms with Crippen LogP contribution in [-0.2, 0) is 11.3 Å². The van der Waals surface area contributed by atoms with Gasteiger partial charge in [0.05, 0.1) is 27.0 Å². The third-order valence-electron chi connectivity index (χ3n) is 3.00. The van der Waals surface area contributed by atoms with E-state index < -0.39 is 6.09 Å². The van der Waals surface area contributed by atoms with Gasteiger partial charge in [-0.2, -0.15) is 0 Å². The number of ether oxygens (including phenoxy) is 4. The van der Waals surface area contributed by atoms with Crippen molar-refractivity contribution in [1.82, 2.24) is 4.98 Å². The van der Waals surface area contributed by atoms with Crippen LogP contribution in [0.15, 0.2) is 36.7 Å². The van der Waals surface area contributed by atoms with Gasteiger partial charge in [0.1, 0.15) is 6.61 Å². The number of anilines is 1. The molecule has 0 bridgehead atoms. The molecular weight excluding hydrogens is 300 g/mol. The van der Waals surface area contributed by atoms with Gasteiger partial charge >= 0.3 is 6.09 Å². The summed E-state index contributed by atoms with van der Waals surface area (Å²) in [7, 11) is 4.51. The number of methoxy groups -OCH3 is 3. The number of nitrogens with one attached hydrogen (secondary N) is 1. The molecule has 0 aliphatic carbocycles. The first-order chi connectivity index (χ1) is 11.2.